The van der Waals surface area contributed by atoms with Gasteiger partial charge < -0.3 is 4.98 Å². The van der Waals surface area contributed by atoms with Crippen LogP contribution in [0.15, 0.2) is 70.6 Å². The molecule has 0 aliphatic rings. The summed E-state index contributed by atoms with van der Waals surface area (Å²) in [4.78, 5) is 30.6. The molecule has 0 spiro atoms. The van der Waals surface area contributed by atoms with E-state index in [2.05, 4.69) is 9.97 Å². The number of rotatable bonds is 8. The molecule has 0 atom stereocenters. The molecular weight excluding hydrogens is 374 g/mol. The number of hydrogen-bond acceptors (Lipinski definition) is 5. The van der Waals surface area contributed by atoms with Crippen LogP contribution in [0.2, 0.25) is 0 Å². The van der Waals surface area contributed by atoms with Crippen molar-refractivity contribution in [3.63, 3.8) is 0 Å². The van der Waals surface area contributed by atoms with Crippen LogP contribution in [-0.2, 0) is 4.79 Å². The minimum atomic E-state index is -0.393. The maximum absolute atomic E-state index is 12.2. The quantitative estimate of drug-likeness (QED) is 0.177. The van der Waals surface area contributed by atoms with E-state index in [-0.39, 0.29) is 12.0 Å². The molecular formula is C21H21N3O3S. The number of unbranched alkanes of at least 4 members (excludes halogenated alkanes) is 1. The van der Waals surface area contributed by atoms with Crippen LogP contribution in [0.1, 0.15) is 19.3 Å². The highest BCUT2D eigenvalue weighted by Gasteiger charge is 2.10. The molecule has 0 aliphatic heterocycles. The molecule has 144 valence electrons. The monoisotopic (exact) mass is 395 g/mol. The topological polar surface area (TPSA) is 95.1 Å². The van der Waals surface area contributed by atoms with Crippen LogP contribution in [0, 0.1) is 0 Å². The van der Waals surface area contributed by atoms with Gasteiger partial charge >= 0.3 is 0 Å². The van der Waals surface area contributed by atoms with Crippen LogP contribution < -0.4 is 11.0 Å². The molecule has 3 aromatic rings. The first kappa shape index (κ1) is 19.9. The average Bonchev–Trinajstić information content (AvgIpc) is 2.73. The maximum Gasteiger partial charge on any atom is 0.252 e. The summed E-state index contributed by atoms with van der Waals surface area (Å²) in [6.07, 6.45) is 1.69. The minimum Gasteiger partial charge on any atom is -0.301 e. The van der Waals surface area contributed by atoms with Crippen molar-refractivity contribution in [2.24, 2.45) is 0 Å². The zero-order valence-electron chi connectivity index (χ0n) is 15.2. The van der Waals surface area contributed by atoms with E-state index < -0.39 is 5.91 Å². The molecule has 2 aromatic carbocycles. The van der Waals surface area contributed by atoms with E-state index in [0.717, 1.165) is 23.1 Å². The fourth-order valence-electron chi connectivity index (χ4n) is 2.83. The molecule has 0 radical (unpaired) electrons. The van der Waals surface area contributed by atoms with E-state index >= 15 is 0 Å². The summed E-state index contributed by atoms with van der Waals surface area (Å²) in [5.41, 5.74) is 5.04. The number of benzene rings is 2. The Balaban J connectivity index is 1.77. The fourth-order valence-corrected chi connectivity index (χ4v) is 3.71. The van der Waals surface area contributed by atoms with Crippen molar-refractivity contribution in [3.8, 4) is 22.4 Å². The van der Waals surface area contributed by atoms with E-state index in [9.17, 15) is 9.59 Å². The molecule has 0 fully saturated rings. The molecule has 6 nitrogen and oxygen atoms in total. The standard InChI is InChI=1S/C21H21N3O3S/c25-19(24-27)12-6-7-13-28-21-22-18(14-20(26)23-21)17-11-5-4-10-16(17)15-8-2-1-3-9-15/h1-5,8-11,14,27H,6-7,12-13H2,(H,24,25)(H,22,23,26). The Hall–Kier alpha value is -2.90. The van der Waals surface area contributed by atoms with Gasteiger partial charge in [0.25, 0.3) is 5.56 Å². The summed E-state index contributed by atoms with van der Waals surface area (Å²) in [6, 6.07) is 19.4. The fraction of sp³-hybridized carbons (Fsp3) is 0.190. The van der Waals surface area contributed by atoms with Gasteiger partial charge in [-0.1, -0.05) is 66.4 Å². The van der Waals surface area contributed by atoms with Gasteiger partial charge in [-0.15, -0.1) is 0 Å². The number of hydroxylamine groups is 1. The van der Waals surface area contributed by atoms with Crippen LogP contribution >= 0.6 is 11.8 Å². The van der Waals surface area contributed by atoms with E-state index in [0.29, 0.717) is 23.0 Å². The normalized spacial score (nSPS) is 10.6. The third-order valence-electron chi connectivity index (χ3n) is 4.17. The van der Waals surface area contributed by atoms with Crippen molar-refractivity contribution in [2.45, 2.75) is 24.4 Å². The molecule has 0 aliphatic carbocycles. The number of H-pyrrole nitrogens is 1. The number of hydrogen-bond donors (Lipinski definition) is 3. The van der Waals surface area contributed by atoms with Gasteiger partial charge in [-0.3, -0.25) is 14.8 Å². The van der Waals surface area contributed by atoms with Crippen molar-refractivity contribution in [2.75, 3.05) is 5.75 Å². The Bertz CT molecular complexity index is 989. The Morgan fingerprint density at radius 1 is 1.04 bits per heavy atom. The van der Waals surface area contributed by atoms with Crippen molar-refractivity contribution >= 4 is 17.7 Å². The number of aromatic amines is 1. The lowest BCUT2D eigenvalue weighted by Crippen LogP contribution is -2.17. The first-order chi connectivity index (χ1) is 13.7. The SMILES string of the molecule is O=C(CCCCSc1nc(-c2ccccc2-c2ccccc2)cc(=O)[nH]1)NO. The number of nitrogens with one attached hydrogen (secondary N) is 2. The highest BCUT2D eigenvalue weighted by molar-refractivity contribution is 7.99. The summed E-state index contributed by atoms with van der Waals surface area (Å²) in [7, 11) is 0. The number of nitrogens with zero attached hydrogens (tertiary/aromatic N) is 1. The highest BCUT2D eigenvalue weighted by Crippen LogP contribution is 2.30. The Morgan fingerprint density at radius 3 is 2.50 bits per heavy atom. The summed E-state index contributed by atoms with van der Waals surface area (Å²) in [5, 5.41) is 9.04. The number of carbonyl (C=O) groups excluding carboxylic acids is 1. The molecule has 7 heteroatoms. The van der Waals surface area contributed by atoms with Crippen LogP contribution in [-0.4, -0.2) is 26.8 Å². The first-order valence-electron chi connectivity index (χ1n) is 8.99. The second kappa shape index (κ2) is 9.87. The third-order valence-corrected chi connectivity index (χ3v) is 5.13. The van der Waals surface area contributed by atoms with Crippen LogP contribution in [0.4, 0.5) is 0 Å². The van der Waals surface area contributed by atoms with E-state index in [1.165, 1.54) is 17.8 Å². The zero-order chi connectivity index (χ0) is 19.8. The number of aromatic nitrogens is 2. The van der Waals surface area contributed by atoms with Gasteiger partial charge in [0.2, 0.25) is 5.91 Å². The first-order valence-corrected chi connectivity index (χ1v) is 9.98. The summed E-state index contributed by atoms with van der Waals surface area (Å²) in [5.74, 6) is 0.321. The molecule has 1 amide bonds. The van der Waals surface area contributed by atoms with Crippen LogP contribution in [0.5, 0.6) is 0 Å². The van der Waals surface area contributed by atoms with Crippen molar-refractivity contribution in [1.82, 2.24) is 15.4 Å². The number of thioether (sulfide) groups is 1. The second-order valence-electron chi connectivity index (χ2n) is 6.19. The minimum absolute atomic E-state index is 0.199. The Morgan fingerprint density at radius 2 is 1.75 bits per heavy atom. The van der Waals surface area contributed by atoms with E-state index in [4.69, 9.17) is 5.21 Å². The average molecular weight is 395 g/mol. The van der Waals surface area contributed by atoms with Gasteiger partial charge in [-0.05, 0) is 24.0 Å². The molecule has 1 heterocycles. The van der Waals surface area contributed by atoms with Gasteiger partial charge in [0.1, 0.15) is 0 Å². The van der Waals surface area contributed by atoms with Gasteiger partial charge in [0, 0.05) is 23.8 Å². The van der Waals surface area contributed by atoms with E-state index in [1.807, 2.05) is 54.6 Å². The Kier molecular flexibility index (Phi) is 7.00. The zero-order valence-corrected chi connectivity index (χ0v) is 16.0. The highest BCUT2D eigenvalue weighted by atomic mass is 32.2. The summed E-state index contributed by atoms with van der Waals surface area (Å²) in [6.45, 7) is 0. The van der Waals surface area contributed by atoms with Gasteiger partial charge in [-0.2, -0.15) is 0 Å². The number of amides is 1. The third kappa shape index (κ3) is 5.31. The van der Waals surface area contributed by atoms with Gasteiger partial charge in [-0.25, -0.2) is 10.5 Å². The smallest absolute Gasteiger partial charge is 0.252 e. The molecule has 0 saturated carbocycles. The van der Waals surface area contributed by atoms with Crippen LogP contribution in [0.3, 0.4) is 0 Å². The largest absolute Gasteiger partial charge is 0.301 e. The Labute approximate surface area is 167 Å². The molecule has 0 bridgehead atoms. The second-order valence-corrected chi connectivity index (χ2v) is 7.27. The number of carbonyl (C=O) groups is 1. The van der Waals surface area contributed by atoms with E-state index in [1.54, 1.807) is 5.48 Å². The molecule has 3 rings (SSSR count). The molecule has 0 saturated heterocycles. The lowest BCUT2D eigenvalue weighted by molar-refractivity contribution is -0.129. The molecule has 1 aromatic heterocycles. The molecule has 3 N–H and O–H groups in total. The summed E-state index contributed by atoms with van der Waals surface area (Å²) < 4.78 is 0. The predicted octanol–water partition coefficient (Wildman–Crippen LogP) is 3.87. The lowest BCUT2D eigenvalue weighted by Gasteiger charge is -2.10. The van der Waals surface area contributed by atoms with Crippen LogP contribution in [0.25, 0.3) is 22.4 Å². The van der Waals surface area contributed by atoms with Gasteiger partial charge in [0.15, 0.2) is 5.16 Å². The molecule has 0 unspecified atom stereocenters. The maximum atomic E-state index is 12.2. The van der Waals surface area contributed by atoms with Crippen molar-refractivity contribution < 1.29 is 10.0 Å². The van der Waals surface area contributed by atoms with Gasteiger partial charge in [0.05, 0.1) is 5.69 Å². The lowest BCUT2D eigenvalue weighted by atomic mass is 9.98. The van der Waals surface area contributed by atoms with Crippen molar-refractivity contribution in [3.05, 3.63) is 71.0 Å². The summed E-state index contributed by atoms with van der Waals surface area (Å²) >= 11 is 1.44. The predicted molar refractivity (Wildman–Crippen MR) is 110 cm³/mol. The van der Waals surface area contributed by atoms with Crippen molar-refractivity contribution in [1.29, 1.82) is 0 Å². The molecule has 28 heavy (non-hydrogen) atoms.